The average Bonchev–Trinajstić information content (AvgIpc) is 2.94. The lowest BCUT2D eigenvalue weighted by Crippen LogP contribution is -2.27. The monoisotopic (exact) mass is 281 g/mol. The van der Waals surface area contributed by atoms with Crippen molar-refractivity contribution in [1.82, 2.24) is 20.2 Å². The van der Waals surface area contributed by atoms with Crippen LogP contribution in [0.2, 0.25) is 5.02 Å². The highest BCUT2D eigenvalue weighted by molar-refractivity contribution is 6.33. The number of halogens is 1. The molecule has 0 bridgehead atoms. The number of carbonyl (C=O) groups excluding carboxylic acids is 1. The van der Waals surface area contributed by atoms with E-state index in [0.29, 0.717) is 10.7 Å². The summed E-state index contributed by atoms with van der Waals surface area (Å²) in [5, 5.41) is 14.4. The molecule has 0 aliphatic rings. The number of hydrogen-bond acceptors (Lipinski definition) is 6. The lowest BCUT2D eigenvalue weighted by atomic mass is 10.2. The summed E-state index contributed by atoms with van der Waals surface area (Å²) in [6.45, 7) is 1.69. The molecule has 100 valence electrons. The van der Waals surface area contributed by atoms with Gasteiger partial charge in [-0.05, 0) is 35.5 Å². The number of esters is 1. The summed E-state index contributed by atoms with van der Waals surface area (Å²) in [5.41, 5.74) is 1.33. The molecule has 0 radical (unpaired) electrons. The van der Waals surface area contributed by atoms with Gasteiger partial charge in [-0.15, -0.1) is 5.10 Å². The van der Waals surface area contributed by atoms with Crippen LogP contribution in [0, 0.1) is 0 Å². The summed E-state index contributed by atoms with van der Waals surface area (Å²) >= 11 is 6.07. The van der Waals surface area contributed by atoms with E-state index in [1.165, 1.54) is 18.1 Å². The fourth-order valence-electron chi connectivity index (χ4n) is 1.51. The number of ether oxygens (including phenoxy) is 1. The number of tetrazole rings is 1. The minimum absolute atomic E-state index is 0.371. The summed E-state index contributed by atoms with van der Waals surface area (Å²) < 4.78 is 6.13. The van der Waals surface area contributed by atoms with Crippen molar-refractivity contribution in [1.29, 1.82) is 0 Å². The van der Waals surface area contributed by atoms with Crippen LogP contribution in [0.5, 0.6) is 0 Å². The quantitative estimate of drug-likeness (QED) is 0.851. The molecule has 0 fully saturated rings. The van der Waals surface area contributed by atoms with Gasteiger partial charge in [0.05, 0.1) is 23.5 Å². The van der Waals surface area contributed by atoms with Crippen LogP contribution in [0.3, 0.4) is 0 Å². The van der Waals surface area contributed by atoms with E-state index in [1.54, 1.807) is 25.1 Å². The number of benzene rings is 1. The molecule has 2 aromatic rings. The van der Waals surface area contributed by atoms with E-state index in [1.807, 2.05) is 0 Å². The van der Waals surface area contributed by atoms with Gasteiger partial charge in [-0.3, -0.25) is 0 Å². The van der Waals surface area contributed by atoms with Crippen molar-refractivity contribution in [3.8, 4) is 5.69 Å². The van der Waals surface area contributed by atoms with Crippen LogP contribution >= 0.6 is 11.6 Å². The molecule has 8 heteroatoms. The average molecular weight is 282 g/mol. The third-order valence-electron chi connectivity index (χ3n) is 2.49. The van der Waals surface area contributed by atoms with Crippen LogP contribution in [0.4, 0.5) is 5.69 Å². The van der Waals surface area contributed by atoms with Crippen LogP contribution in [-0.2, 0) is 9.53 Å². The number of nitrogens with one attached hydrogen (secondary N) is 1. The fraction of sp³-hybridized carbons (Fsp3) is 0.273. The summed E-state index contributed by atoms with van der Waals surface area (Å²) in [6.07, 6.45) is 1.47. The van der Waals surface area contributed by atoms with Gasteiger partial charge in [-0.1, -0.05) is 11.6 Å². The van der Waals surface area contributed by atoms with Crippen molar-refractivity contribution < 1.29 is 9.53 Å². The standard InChI is InChI=1S/C11H12ClN5O2/c1-7(11(18)19-2)14-10-5-8(3-4-9(10)12)17-6-13-15-16-17/h3-7,14H,1-2H3. The first-order valence-corrected chi connectivity index (χ1v) is 5.87. The molecule has 1 atom stereocenters. The fourth-order valence-corrected chi connectivity index (χ4v) is 1.69. The first-order chi connectivity index (χ1) is 9.11. The van der Waals surface area contributed by atoms with Crippen molar-refractivity contribution in [2.24, 2.45) is 0 Å². The van der Waals surface area contributed by atoms with E-state index in [4.69, 9.17) is 11.6 Å². The largest absolute Gasteiger partial charge is 0.467 e. The molecule has 0 spiro atoms. The van der Waals surface area contributed by atoms with Crippen LogP contribution in [0.1, 0.15) is 6.92 Å². The number of rotatable bonds is 4. The Balaban J connectivity index is 2.25. The molecule has 19 heavy (non-hydrogen) atoms. The Kier molecular flexibility index (Phi) is 3.96. The van der Waals surface area contributed by atoms with Gasteiger partial charge in [0.15, 0.2) is 0 Å². The normalized spacial score (nSPS) is 11.9. The minimum atomic E-state index is -0.508. The minimum Gasteiger partial charge on any atom is -0.467 e. The van der Waals surface area contributed by atoms with Gasteiger partial charge in [-0.2, -0.15) is 0 Å². The lowest BCUT2D eigenvalue weighted by molar-refractivity contribution is -0.141. The molecule has 1 aromatic carbocycles. The summed E-state index contributed by atoms with van der Waals surface area (Å²) in [6, 6.07) is 4.71. The van der Waals surface area contributed by atoms with Gasteiger partial charge in [0.1, 0.15) is 12.4 Å². The van der Waals surface area contributed by atoms with E-state index in [0.717, 1.165) is 5.69 Å². The first-order valence-electron chi connectivity index (χ1n) is 5.49. The highest BCUT2D eigenvalue weighted by Gasteiger charge is 2.14. The maximum absolute atomic E-state index is 11.4. The number of nitrogens with zero attached hydrogens (tertiary/aromatic N) is 4. The molecular formula is C11H12ClN5O2. The maximum Gasteiger partial charge on any atom is 0.327 e. The van der Waals surface area contributed by atoms with Crippen LogP contribution in [-0.4, -0.2) is 39.3 Å². The summed E-state index contributed by atoms with van der Waals surface area (Å²) in [7, 11) is 1.33. The summed E-state index contributed by atoms with van der Waals surface area (Å²) in [5.74, 6) is -0.371. The third-order valence-corrected chi connectivity index (χ3v) is 2.82. The van der Waals surface area contributed by atoms with Gasteiger partial charge >= 0.3 is 5.97 Å². The van der Waals surface area contributed by atoms with Crippen molar-refractivity contribution in [3.05, 3.63) is 29.5 Å². The Labute approximate surface area is 114 Å². The molecule has 0 aliphatic heterocycles. The smallest absolute Gasteiger partial charge is 0.327 e. The number of methoxy groups -OCH3 is 1. The number of anilines is 1. The van der Waals surface area contributed by atoms with Crippen molar-refractivity contribution in [2.75, 3.05) is 12.4 Å². The van der Waals surface area contributed by atoms with Gasteiger partial charge in [0, 0.05) is 0 Å². The molecule has 1 N–H and O–H groups in total. The zero-order chi connectivity index (χ0) is 13.8. The Morgan fingerprint density at radius 2 is 2.32 bits per heavy atom. The topological polar surface area (TPSA) is 81.9 Å². The SMILES string of the molecule is COC(=O)C(C)Nc1cc(-n2cnnn2)ccc1Cl. The van der Waals surface area contributed by atoms with Crippen molar-refractivity contribution in [2.45, 2.75) is 13.0 Å². The van der Waals surface area contributed by atoms with E-state index in [2.05, 4.69) is 25.6 Å². The van der Waals surface area contributed by atoms with Gasteiger partial charge in [0.25, 0.3) is 0 Å². The predicted molar refractivity (Wildman–Crippen MR) is 69.3 cm³/mol. The first kappa shape index (κ1) is 13.3. The maximum atomic E-state index is 11.4. The lowest BCUT2D eigenvalue weighted by Gasteiger charge is -2.15. The van der Waals surface area contributed by atoms with Crippen LogP contribution < -0.4 is 5.32 Å². The van der Waals surface area contributed by atoms with Crippen molar-refractivity contribution >= 4 is 23.3 Å². The molecule has 1 heterocycles. The third kappa shape index (κ3) is 3.00. The van der Waals surface area contributed by atoms with Crippen LogP contribution in [0.15, 0.2) is 24.5 Å². The second kappa shape index (κ2) is 5.66. The second-order valence-corrected chi connectivity index (χ2v) is 4.21. The van der Waals surface area contributed by atoms with Gasteiger partial charge in [-0.25, -0.2) is 9.48 Å². The molecule has 0 saturated carbocycles. The van der Waals surface area contributed by atoms with Gasteiger partial charge in [0.2, 0.25) is 0 Å². The van der Waals surface area contributed by atoms with E-state index in [-0.39, 0.29) is 5.97 Å². The molecule has 1 aromatic heterocycles. The van der Waals surface area contributed by atoms with E-state index < -0.39 is 6.04 Å². The Morgan fingerprint density at radius 1 is 1.53 bits per heavy atom. The number of hydrogen-bond donors (Lipinski definition) is 1. The number of aromatic nitrogens is 4. The Bertz CT molecular complexity index is 572. The van der Waals surface area contributed by atoms with Crippen molar-refractivity contribution in [3.63, 3.8) is 0 Å². The predicted octanol–water partition coefficient (Wildman–Crippen LogP) is 1.29. The molecule has 2 rings (SSSR count). The zero-order valence-electron chi connectivity index (χ0n) is 10.4. The highest BCUT2D eigenvalue weighted by atomic mass is 35.5. The summed E-state index contributed by atoms with van der Waals surface area (Å²) in [4.78, 5) is 11.4. The van der Waals surface area contributed by atoms with Gasteiger partial charge < -0.3 is 10.1 Å². The van der Waals surface area contributed by atoms with E-state index >= 15 is 0 Å². The zero-order valence-corrected chi connectivity index (χ0v) is 11.1. The number of carbonyl (C=O) groups is 1. The molecule has 0 amide bonds. The highest BCUT2D eigenvalue weighted by Crippen LogP contribution is 2.25. The Hall–Kier alpha value is -2.15. The van der Waals surface area contributed by atoms with Crippen LogP contribution in [0.25, 0.3) is 5.69 Å². The molecule has 0 saturated heterocycles. The Morgan fingerprint density at radius 3 is 2.95 bits per heavy atom. The molecule has 0 aliphatic carbocycles. The second-order valence-electron chi connectivity index (χ2n) is 3.81. The molecule has 7 nitrogen and oxygen atoms in total. The van der Waals surface area contributed by atoms with E-state index in [9.17, 15) is 4.79 Å². The molecule has 1 unspecified atom stereocenters. The molecular weight excluding hydrogens is 270 g/mol.